The Labute approximate surface area is 92.8 Å². The molecule has 0 aliphatic carbocycles. The third-order valence-corrected chi connectivity index (χ3v) is 1.74. The van der Waals surface area contributed by atoms with Gasteiger partial charge in [-0.3, -0.25) is 9.59 Å². The minimum absolute atomic E-state index is 0.00593. The monoisotopic (exact) mass is 263 g/mol. The molecule has 0 saturated heterocycles. The Balaban J connectivity index is 3.99. The van der Waals surface area contributed by atoms with Gasteiger partial charge < -0.3 is 10.4 Å². The highest BCUT2D eigenvalue weighted by Gasteiger charge is 2.63. The second kappa shape index (κ2) is 5.78. The van der Waals surface area contributed by atoms with Crippen LogP contribution in [0.3, 0.4) is 0 Å². The van der Waals surface area contributed by atoms with Crippen molar-refractivity contribution < 1.29 is 36.6 Å². The van der Waals surface area contributed by atoms with Gasteiger partial charge in [-0.25, -0.2) is 0 Å². The first-order chi connectivity index (χ1) is 7.59. The molecule has 0 aliphatic heterocycles. The van der Waals surface area contributed by atoms with Gasteiger partial charge in [0.1, 0.15) is 0 Å². The van der Waals surface area contributed by atoms with Crippen LogP contribution in [0.2, 0.25) is 0 Å². The Hall–Kier alpha value is -1.41. The number of aliphatic carboxylic acids is 1. The lowest BCUT2D eigenvalue weighted by atomic mass is 10.2. The summed E-state index contributed by atoms with van der Waals surface area (Å²) >= 11 is 0. The van der Waals surface area contributed by atoms with E-state index in [2.05, 4.69) is 0 Å². The predicted octanol–water partition coefficient (Wildman–Crippen LogP) is 1.56. The maximum atomic E-state index is 12.3. The minimum atomic E-state index is -5.93. The summed E-state index contributed by atoms with van der Waals surface area (Å²) in [7, 11) is 0. The summed E-state index contributed by atoms with van der Waals surface area (Å²) in [5.41, 5.74) is 0. The lowest BCUT2D eigenvalue weighted by Gasteiger charge is -2.18. The standard InChI is InChI=1S/C8H10F5NO3/c9-7(10,8(11,12)13)6(17)14-4-2-1-3-5(15)16/h1-4H2,(H,14,17)(H,15,16). The molecule has 0 saturated carbocycles. The number of carbonyl (C=O) groups excluding carboxylic acids is 1. The molecule has 0 atom stereocenters. The van der Waals surface area contributed by atoms with Crippen LogP contribution in [0, 0.1) is 0 Å². The van der Waals surface area contributed by atoms with E-state index in [1.807, 2.05) is 0 Å². The van der Waals surface area contributed by atoms with Crippen LogP contribution in [-0.2, 0) is 9.59 Å². The molecule has 0 bridgehead atoms. The second-order valence-electron chi connectivity index (χ2n) is 3.18. The maximum absolute atomic E-state index is 12.3. The average molecular weight is 263 g/mol. The van der Waals surface area contributed by atoms with E-state index < -0.39 is 30.5 Å². The number of hydrogen-bond donors (Lipinski definition) is 2. The van der Waals surface area contributed by atoms with E-state index in [1.165, 1.54) is 5.32 Å². The van der Waals surface area contributed by atoms with Gasteiger partial charge in [-0.1, -0.05) is 0 Å². The second-order valence-corrected chi connectivity index (χ2v) is 3.18. The Morgan fingerprint density at radius 3 is 2.00 bits per heavy atom. The highest BCUT2D eigenvalue weighted by molar-refractivity contribution is 5.84. The van der Waals surface area contributed by atoms with E-state index in [9.17, 15) is 31.5 Å². The van der Waals surface area contributed by atoms with Gasteiger partial charge in [0.05, 0.1) is 0 Å². The molecule has 100 valence electrons. The number of nitrogens with one attached hydrogen (secondary N) is 1. The van der Waals surface area contributed by atoms with Crippen LogP contribution in [-0.4, -0.2) is 35.6 Å². The lowest BCUT2D eigenvalue weighted by Crippen LogP contribution is -2.50. The first kappa shape index (κ1) is 15.6. The van der Waals surface area contributed by atoms with Gasteiger partial charge in [0.2, 0.25) is 0 Å². The van der Waals surface area contributed by atoms with Crippen LogP contribution < -0.4 is 5.32 Å². The van der Waals surface area contributed by atoms with Gasteiger partial charge in [-0.05, 0) is 12.8 Å². The van der Waals surface area contributed by atoms with E-state index in [-0.39, 0.29) is 19.3 Å². The van der Waals surface area contributed by atoms with Gasteiger partial charge >= 0.3 is 18.1 Å². The molecule has 0 fully saturated rings. The summed E-state index contributed by atoms with van der Waals surface area (Å²) < 4.78 is 59.7. The molecule has 1 amide bonds. The molecule has 0 aromatic rings. The number of carboxylic acids is 1. The fourth-order valence-corrected chi connectivity index (χ4v) is 0.843. The number of carboxylic acid groups (broad SMARTS) is 1. The van der Waals surface area contributed by atoms with Gasteiger partial charge in [0.25, 0.3) is 5.91 Å². The molecule has 0 radical (unpaired) electrons. The summed E-state index contributed by atoms with van der Waals surface area (Å²) in [5.74, 6) is -8.97. The van der Waals surface area contributed by atoms with Crippen molar-refractivity contribution in [2.24, 2.45) is 0 Å². The van der Waals surface area contributed by atoms with Gasteiger partial charge in [-0.15, -0.1) is 0 Å². The predicted molar refractivity (Wildman–Crippen MR) is 45.5 cm³/mol. The first-order valence-corrected chi connectivity index (χ1v) is 4.53. The number of unbranched alkanes of at least 4 members (excludes halogenated alkanes) is 1. The molecule has 0 aliphatic rings. The first-order valence-electron chi connectivity index (χ1n) is 4.53. The molecule has 0 aromatic heterocycles. The molecule has 9 heteroatoms. The Bertz CT molecular complexity index is 289. The van der Waals surface area contributed by atoms with Crippen LogP contribution in [0.5, 0.6) is 0 Å². The van der Waals surface area contributed by atoms with Crippen LogP contribution in [0.4, 0.5) is 22.0 Å². The Kier molecular flexibility index (Phi) is 5.30. The highest BCUT2D eigenvalue weighted by Crippen LogP contribution is 2.35. The Morgan fingerprint density at radius 1 is 1.06 bits per heavy atom. The zero-order chi connectivity index (χ0) is 13.7. The van der Waals surface area contributed by atoms with E-state index in [1.54, 1.807) is 0 Å². The number of hydrogen-bond acceptors (Lipinski definition) is 2. The molecule has 0 unspecified atom stereocenters. The zero-order valence-electron chi connectivity index (χ0n) is 8.48. The van der Waals surface area contributed by atoms with Crippen LogP contribution in [0.15, 0.2) is 0 Å². The maximum Gasteiger partial charge on any atom is 0.463 e. The van der Waals surface area contributed by atoms with E-state index in [4.69, 9.17) is 5.11 Å². The summed E-state index contributed by atoms with van der Waals surface area (Å²) in [6.45, 7) is -0.433. The van der Waals surface area contributed by atoms with E-state index >= 15 is 0 Å². The van der Waals surface area contributed by atoms with Crippen LogP contribution in [0.1, 0.15) is 19.3 Å². The molecule has 0 aromatic carbocycles. The van der Waals surface area contributed by atoms with Crippen molar-refractivity contribution >= 4 is 11.9 Å². The molecule has 0 rings (SSSR count). The molecule has 0 spiro atoms. The number of amides is 1. The quantitative estimate of drug-likeness (QED) is 0.564. The third kappa shape index (κ3) is 4.96. The fraction of sp³-hybridized carbons (Fsp3) is 0.750. The summed E-state index contributed by atoms with van der Waals surface area (Å²) in [5, 5.41) is 9.60. The number of halogens is 5. The minimum Gasteiger partial charge on any atom is -0.481 e. The smallest absolute Gasteiger partial charge is 0.463 e. The summed E-state index contributed by atoms with van der Waals surface area (Å²) in [4.78, 5) is 20.5. The van der Waals surface area contributed by atoms with Crippen molar-refractivity contribution in [2.75, 3.05) is 6.54 Å². The van der Waals surface area contributed by atoms with Crippen molar-refractivity contribution in [3.05, 3.63) is 0 Å². The van der Waals surface area contributed by atoms with Crippen LogP contribution in [0.25, 0.3) is 0 Å². The molecule has 2 N–H and O–H groups in total. The van der Waals surface area contributed by atoms with Crippen molar-refractivity contribution in [3.63, 3.8) is 0 Å². The van der Waals surface area contributed by atoms with Crippen molar-refractivity contribution in [1.29, 1.82) is 0 Å². The van der Waals surface area contributed by atoms with Gasteiger partial charge in [-0.2, -0.15) is 22.0 Å². The van der Waals surface area contributed by atoms with Gasteiger partial charge in [0.15, 0.2) is 0 Å². The Morgan fingerprint density at radius 2 is 1.59 bits per heavy atom. The van der Waals surface area contributed by atoms with Crippen molar-refractivity contribution in [3.8, 4) is 0 Å². The fourth-order valence-electron chi connectivity index (χ4n) is 0.843. The summed E-state index contributed by atoms with van der Waals surface area (Å²) in [6, 6.07) is 0. The number of carbonyl (C=O) groups is 2. The normalized spacial score (nSPS) is 12.3. The van der Waals surface area contributed by atoms with E-state index in [0.29, 0.717) is 0 Å². The molecule has 4 nitrogen and oxygen atoms in total. The topological polar surface area (TPSA) is 66.4 Å². The SMILES string of the molecule is O=C(O)CCCCNC(=O)C(F)(F)C(F)(F)F. The van der Waals surface area contributed by atoms with Crippen molar-refractivity contribution in [2.45, 2.75) is 31.4 Å². The average Bonchev–Trinajstić information content (AvgIpc) is 2.14. The lowest BCUT2D eigenvalue weighted by molar-refractivity contribution is -0.269. The van der Waals surface area contributed by atoms with E-state index in [0.717, 1.165) is 0 Å². The molecule has 0 heterocycles. The van der Waals surface area contributed by atoms with Crippen molar-refractivity contribution in [1.82, 2.24) is 5.32 Å². The van der Waals surface area contributed by atoms with Gasteiger partial charge in [0, 0.05) is 13.0 Å². The summed E-state index contributed by atoms with van der Waals surface area (Å²) in [6.07, 6.45) is -6.09. The van der Waals surface area contributed by atoms with Crippen LogP contribution >= 0.6 is 0 Å². The zero-order valence-corrected chi connectivity index (χ0v) is 8.48. The number of alkyl halides is 5. The highest BCUT2D eigenvalue weighted by atomic mass is 19.4. The molecular weight excluding hydrogens is 253 g/mol. The number of rotatable bonds is 6. The third-order valence-electron chi connectivity index (χ3n) is 1.74. The molecule has 17 heavy (non-hydrogen) atoms. The molecular formula is C8H10F5NO3. The largest absolute Gasteiger partial charge is 0.481 e.